The Balaban J connectivity index is 1.54. The summed E-state index contributed by atoms with van der Waals surface area (Å²) in [5.74, 6) is 1.65. The first-order valence-electron chi connectivity index (χ1n) is 11.1. The molecule has 1 aliphatic heterocycles. The van der Waals surface area contributed by atoms with Gasteiger partial charge in [-0.15, -0.1) is 5.10 Å². The minimum atomic E-state index is -0.342. The second-order valence-electron chi connectivity index (χ2n) is 9.52. The number of benzene rings is 1. The number of ketones is 1. The van der Waals surface area contributed by atoms with Gasteiger partial charge in [0.15, 0.2) is 17.3 Å². The predicted molar refractivity (Wildman–Crippen MR) is 122 cm³/mol. The van der Waals surface area contributed by atoms with Crippen molar-refractivity contribution < 1.29 is 9.53 Å². The Kier molecular flexibility index (Phi) is 4.40. The standard InChI is InChI=1S/C26H23N5O2/c1-26(2)12-18(32)22-19(13-26)33-25-23(21(22)17-9-6-10-27-14-17)24-29-20(30-31(24)15-28-25)11-16-7-4-3-5-8-16/h3-10,14-15,21H,11-13H2,1-2H3/t21-/m0/s1. The third-order valence-electron chi connectivity index (χ3n) is 6.33. The number of rotatable bonds is 3. The summed E-state index contributed by atoms with van der Waals surface area (Å²) in [5, 5.41) is 4.66. The van der Waals surface area contributed by atoms with E-state index in [2.05, 4.69) is 41.0 Å². The number of nitrogens with zero attached hydrogens (tertiary/aromatic N) is 5. The van der Waals surface area contributed by atoms with Crippen LogP contribution in [0.4, 0.5) is 0 Å². The van der Waals surface area contributed by atoms with E-state index in [9.17, 15) is 4.79 Å². The number of fused-ring (bicyclic) bond motifs is 3. The van der Waals surface area contributed by atoms with Crippen LogP contribution in [0.25, 0.3) is 5.65 Å². The van der Waals surface area contributed by atoms with E-state index < -0.39 is 0 Å². The number of pyridine rings is 1. The second-order valence-corrected chi connectivity index (χ2v) is 9.52. The molecular formula is C26H23N5O2. The predicted octanol–water partition coefficient (Wildman–Crippen LogP) is 4.28. The van der Waals surface area contributed by atoms with Gasteiger partial charge in [0.2, 0.25) is 5.88 Å². The van der Waals surface area contributed by atoms with Gasteiger partial charge in [-0.3, -0.25) is 9.78 Å². The lowest BCUT2D eigenvalue weighted by Crippen LogP contribution is -2.33. The van der Waals surface area contributed by atoms with Gasteiger partial charge in [0, 0.05) is 37.2 Å². The minimum Gasteiger partial charge on any atom is -0.442 e. The van der Waals surface area contributed by atoms with Gasteiger partial charge in [-0.2, -0.15) is 0 Å². The molecule has 0 bridgehead atoms. The van der Waals surface area contributed by atoms with Crippen molar-refractivity contribution in [2.75, 3.05) is 0 Å². The van der Waals surface area contributed by atoms with E-state index in [-0.39, 0.29) is 17.1 Å². The van der Waals surface area contributed by atoms with E-state index >= 15 is 0 Å². The van der Waals surface area contributed by atoms with Crippen LogP contribution in [-0.2, 0) is 11.2 Å². The molecule has 0 fully saturated rings. The van der Waals surface area contributed by atoms with Gasteiger partial charge in [0.25, 0.3) is 0 Å². The van der Waals surface area contributed by atoms with Crippen molar-refractivity contribution in [3.8, 4) is 5.88 Å². The quantitative estimate of drug-likeness (QED) is 0.476. The topological polar surface area (TPSA) is 82.3 Å². The molecule has 1 atom stereocenters. The zero-order valence-corrected chi connectivity index (χ0v) is 18.5. The van der Waals surface area contributed by atoms with Crippen molar-refractivity contribution >= 4 is 11.4 Å². The van der Waals surface area contributed by atoms with Crippen LogP contribution in [0.15, 0.2) is 72.5 Å². The van der Waals surface area contributed by atoms with Gasteiger partial charge in [-0.1, -0.05) is 50.2 Å². The molecule has 0 amide bonds. The molecule has 4 heterocycles. The fourth-order valence-electron chi connectivity index (χ4n) is 4.92. The molecule has 0 saturated carbocycles. The SMILES string of the molecule is CC1(C)CC(=O)C2=C(C1)Oc1ncn3nc(Cc4ccccc4)nc3c1[C@H]2c1cccnc1. The monoisotopic (exact) mass is 437 g/mol. The van der Waals surface area contributed by atoms with Gasteiger partial charge < -0.3 is 4.74 Å². The Hall–Kier alpha value is -3.87. The van der Waals surface area contributed by atoms with E-state index in [4.69, 9.17) is 9.72 Å². The van der Waals surface area contributed by atoms with Crippen LogP contribution in [0, 0.1) is 5.41 Å². The molecule has 33 heavy (non-hydrogen) atoms. The third kappa shape index (κ3) is 3.40. The first-order chi connectivity index (χ1) is 16.0. The number of aromatic nitrogens is 5. The molecule has 164 valence electrons. The Morgan fingerprint density at radius 2 is 1.97 bits per heavy atom. The number of allylic oxidation sites excluding steroid dienone is 2. The molecule has 0 spiro atoms. The van der Waals surface area contributed by atoms with E-state index in [1.165, 1.54) is 0 Å². The summed E-state index contributed by atoms with van der Waals surface area (Å²) in [6.07, 6.45) is 6.95. The highest BCUT2D eigenvalue weighted by atomic mass is 16.5. The molecule has 6 rings (SSSR count). The Labute approximate surface area is 191 Å². The van der Waals surface area contributed by atoms with Gasteiger partial charge in [-0.05, 0) is 22.6 Å². The molecule has 1 aromatic carbocycles. The first-order valence-corrected chi connectivity index (χ1v) is 11.1. The first kappa shape index (κ1) is 19.8. The highest BCUT2D eigenvalue weighted by Crippen LogP contribution is 2.50. The van der Waals surface area contributed by atoms with Crippen molar-refractivity contribution in [2.45, 2.75) is 39.0 Å². The molecule has 0 saturated heterocycles. The van der Waals surface area contributed by atoms with Gasteiger partial charge >= 0.3 is 0 Å². The maximum atomic E-state index is 13.4. The van der Waals surface area contributed by atoms with Crippen molar-refractivity contribution in [3.63, 3.8) is 0 Å². The summed E-state index contributed by atoms with van der Waals surface area (Å²) < 4.78 is 7.96. The average molecular weight is 438 g/mol. The zero-order valence-electron chi connectivity index (χ0n) is 18.5. The largest absolute Gasteiger partial charge is 0.442 e. The van der Waals surface area contributed by atoms with Gasteiger partial charge in [-0.25, -0.2) is 14.5 Å². The number of carbonyl (C=O) groups excluding carboxylic acids is 1. The molecule has 1 aliphatic carbocycles. The van der Waals surface area contributed by atoms with E-state index in [0.717, 1.165) is 16.7 Å². The molecule has 7 nitrogen and oxygen atoms in total. The molecule has 2 aliphatic rings. The highest BCUT2D eigenvalue weighted by Gasteiger charge is 2.44. The summed E-state index contributed by atoms with van der Waals surface area (Å²) in [7, 11) is 0. The van der Waals surface area contributed by atoms with Crippen molar-refractivity contribution in [3.05, 3.63) is 95.0 Å². The van der Waals surface area contributed by atoms with Crippen LogP contribution < -0.4 is 4.74 Å². The van der Waals surface area contributed by atoms with Crippen molar-refractivity contribution in [2.24, 2.45) is 5.41 Å². The number of ether oxygens (including phenoxy) is 1. The van der Waals surface area contributed by atoms with Crippen molar-refractivity contribution in [1.29, 1.82) is 0 Å². The maximum absolute atomic E-state index is 13.4. The summed E-state index contributed by atoms with van der Waals surface area (Å²) >= 11 is 0. The molecule has 7 heteroatoms. The third-order valence-corrected chi connectivity index (χ3v) is 6.33. The maximum Gasteiger partial charge on any atom is 0.228 e. The van der Waals surface area contributed by atoms with E-state index in [0.29, 0.717) is 47.9 Å². The lowest BCUT2D eigenvalue weighted by molar-refractivity contribution is -0.118. The van der Waals surface area contributed by atoms with Crippen LogP contribution in [-0.4, -0.2) is 30.3 Å². The molecule has 4 aromatic rings. The fraction of sp³-hybridized carbons (Fsp3) is 0.269. The smallest absolute Gasteiger partial charge is 0.228 e. The zero-order chi connectivity index (χ0) is 22.6. The normalized spacial score (nSPS) is 19.2. The lowest BCUT2D eigenvalue weighted by atomic mass is 9.70. The number of Topliss-reactive ketones (excluding diaryl/α,β-unsaturated/α-hetero) is 1. The summed E-state index contributed by atoms with van der Waals surface area (Å²) in [6.45, 7) is 4.19. The second kappa shape index (κ2) is 7.33. The Morgan fingerprint density at radius 3 is 2.76 bits per heavy atom. The van der Waals surface area contributed by atoms with Crippen LogP contribution in [0.5, 0.6) is 5.88 Å². The van der Waals surface area contributed by atoms with Crippen LogP contribution in [0.3, 0.4) is 0 Å². The van der Waals surface area contributed by atoms with Crippen LogP contribution >= 0.6 is 0 Å². The lowest BCUT2D eigenvalue weighted by Gasteiger charge is -2.37. The summed E-state index contributed by atoms with van der Waals surface area (Å²) in [4.78, 5) is 27.2. The van der Waals surface area contributed by atoms with Crippen molar-refractivity contribution in [1.82, 2.24) is 24.6 Å². The summed E-state index contributed by atoms with van der Waals surface area (Å²) in [6, 6.07) is 14.0. The Bertz CT molecular complexity index is 1410. The van der Waals surface area contributed by atoms with Crippen LogP contribution in [0.1, 0.15) is 55.1 Å². The number of hydrogen-bond acceptors (Lipinski definition) is 6. The minimum absolute atomic E-state index is 0.104. The van der Waals surface area contributed by atoms with Gasteiger partial charge in [0.1, 0.15) is 12.1 Å². The van der Waals surface area contributed by atoms with E-state index in [1.807, 2.05) is 36.5 Å². The molecular weight excluding hydrogens is 414 g/mol. The molecule has 0 radical (unpaired) electrons. The fourth-order valence-corrected chi connectivity index (χ4v) is 4.92. The number of carbonyl (C=O) groups is 1. The molecule has 0 unspecified atom stereocenters. The molecule has 0 N–H and O–H groups in total. The van der Waals surface area contributed by atoms with Gasteiger partial charge in [0.05, 0.1) is 11.5 Å². The summed E-state index contributed by atoms with van der Waals surface area (Å²) in [5.41, 5.74) is 4.01. The Morgan fingerprint density at radius 1 is 1.12 bits per heavy atom. The molecule has 3 aromatic heterocycles. The average Bonchev–Trinajstić information content (AvgIpc) is 3.20. The van der Waals surface area contributed by atoms with E-state index in [1.54, 1.807) is 17.0 Å². The van der Waals surface area contributed by atoms with Crippen LogP contribution in [0.2, 0.25) is 0 Å². The number of hydrogen-bond donors (Lipinski definition) is 0. The highest BCUT2D eigenvalue weighted by molar-refractivity contribution is 6.00.